The van der Waals surface area contributed by atoms with Crippen LogP contribution in [0.25, 0.3) is 77.2 Å². The molecular formula is C69H45NO. The van der Waals surface area contributed by atoms with E-state index in [0.29, 0.717) is 0 Å². The molecule has 0 aromatic heterocycles. The second-order valence-electron chi connectivity index (χ2n) is 18.7. The molecule has 0 saturated carbocycles. The zero-order chi connectivity index (χ0) is 46.9. The Labute approximate surface area is 414 Å². The van der Waals surface area contributed by atoms with E-state index in [9.17, 15) is 0 Å². The first-order valence-electron chi connectivity index (χ1n) is 24.5. The van der Waals surface area contributed by atoms with Crippen LogP contribution in [0.4, 0.5) is 17.1 Å². The van der Waals surface area contributed by atoms with Gasteiger partial charge >= 0.3 is 0 Å². The highest BCUT2D eigenvalue weighted by Gasteiger charge is 2.52. The molecule has 1 aliphatic carbocycles. The molecule has 1 aliphatic heterocycles. The van der Waals surface area contributed by atoms with Gasteiger partial charge in [0.25, 0.3) is 0 Å². The van der Waals surface area contributed by atoms with Crippen molar-refractivity contribution in [3.63, 3.8) is 0 Å². The summed E-state index contributed by atoms with van der Waals surface area (Å²) in [6.07, 6.45) is 0. The van der Waals surface area contributed by atoms with E-state index in [2.05, 4.69) is 278 Å². The fourth-order valence-electron chi connectivity index (χ4n) is 11.7. The lowest BCUT2D eigenvalue weighted by atomic mass is 9.65. The second kappa shape index (κ2) is 16.5. The van der Waals surface area contributed by atoms with Crippen LogP contribution < -0.4 is 9.64 Å². The van der Waals surface area contributed by atoms with Gasteiger partial charge in [-0.15, -0.1) is 0 Å². The Bertz CT molecular complexity index is 3920. The molecular weight excluding hydrogens is 859 g/mol. The maximum atomic E-state index is 7.22. The molecule has 0 bridgehead atoms. The summed E-state index contributed by atoms with van der Waals surface area (Å²) in [5, 5.41) is 4.56. The molecule has 0 fully saturated rings. The molecule has 0 atom stereocenters. The standard InChI is InChI=1S/C69H45NO/c1-3-16-46(17-4-1)48-30-37-55(38-31-48)70(56-39-32-49(33-40-56)53-23-15-22-52(44-53)47-18-5-2-6-19-47)66-29-14-12-24-57(66)54-36-41-63-61(45-54)60-27-11-13-28-62(60)69(63)64-42-34-50-20-7-9-25-58(50)67(64)71-68-59-26-10-8-21-51(59)35-43-65(68)69/h1-45H. The van der Waals surface area contributed by atoms with E-state index in [0.717, 1.165) is 61.2 Å². The summed E-state index contributed by atoms with van der Waals surface area (Å²) in [5.74, 6) is 1.85. The van der Waals surface area contributed by atoms with E-state index in [-0.39, 0.29) is 0 Å². The Hall–Kier alpha value is -9.24. The van der Waals surface area contributed by atoms with Gasteiger partial charge in [-0.25, -0.2) is 0 Å². The molecule has 1 spiro atoms. The second-order valence-corrected chi connectivity index (χ2v) is 18.7. The van der Waals surface area contributed by atoms with Gasteiger partial charge in [-0.2, -0.15) is 0 Å². The predicted octanol–water partition coefficient (Wildman–Crippen LogP) is 18.6. The van der Waals surface area contributed by atoms with E-state index < -0.39 is 5.41 Å². The number of hydrogen-bond acceptors (Lipinski definition) is 2. The Balaban J connectivity index is 0.940. The molecule has 0 radical (unpaired) electrons. The molecule has 2 heteroatoms. The minimum Gasteiger partial charge on any atom is -0.455 e. The predicted molar refractivity (Wildman–Crippen MR) is 295 cm³/mol. The van der Waals surface area contributed by atoms with Crippen molar-refractivity contribution in [1.29, 1.82) is 0 Å². The fourth-order valence-corrected chi connectivity index (χ4v) is 11.7. The van der Waals surface area contributed by atoms with Crippen molar-refractivity contribution in [2.24, 2.45) is 0 Å². The normalized spacial score (nSPS) is 12.7. The number of fused-ring (bicyclic) bond motifs is 13. The van der Waals surface area contributed by atoms with Crippen molar-refractivity contribution in [3.8, 4) is 67.1 Å². The molecule has 71 heavy (non-hydrogen) atoms. The van der Waals surface area contributed by atoms with E-state index in [1.165, 1.54) is 66.8 Å². The van der Waals surface area contributed by atoms with Gasteiger partial charge in [-0.1, -0.05) is 231 Å². The molecule has 0 amide bonds. The van der Waals surface area contributed by atoms with E-state index in [1.807, 2.05) is 0 Å². The SMILES string of the molecule is c1ccc(-c2ccc(N(c3ccc(-c4cccc(-c5ccccc5)c4)cc3)c3ccccc3-c3ccc4c(c3)-c3ccccc3C43c4ccc5ccccc5c4Oc4c3ccc3ccccc43)cc2)cc1. The largest absolute Gasteiger partial charge is 0.455 e. The van der Waals surface area contributed by atoms with Crippen molar-refractivity contribution >= 4 is 38.6 Å². The highest BCUT2D eigenvalue weighted by Crippen LogP contribution is 2.64. The van der Waals surface area contributed by atoms with Crippen molar-refractivity contribution in [3.05, 3.63) is 295 Å². The van der Waals surface area contributed by atoms with Crippen LogP contribution in [-0.2, 0) is 5.41 Å². The summed E-state index contributed by atoms with van der Waals surface area (Å²) in [6.45, 7) is 0. The minimum absolute atomic E-state index is 0.615. The Kier molecular flexibility index (Phi) is 9.47. The molecule has 1 heterocycles. The van der Waals surface area contributed by atoms with Gasteiger partial charge in [0.05, 0.1) is 11.1 Å². The highest BCUT2D eigenvalue weighted by molar-refractivity contribution is 6.01. The van der Waals surface area contributed by atoms with E-state index in [1.54, 1.807) is 0 Å². The Morgan fingerprint density at radius 2 is 0.704 bits per heavy atom. The van der Waals surface area contributed by atoms with Gasteiger partial charge in [0.15, 0.2) is 0 Å². The molecule has 12 aromatic rings. The third-order valence-corrected chi connectivity index (χ3v) is 14.9. The first kappa shape index (κ1) is 40.8. The van der Waals surface area contributed by atoms with Crippen molar-refractivity contribution in [2.45, 2.75) is 5.41 Å². The van der Waals surface area contributed by atoms with Crippen LogP contribution in [0.3, 0.4) is 0 Å². The van der Waals surface area contributed by atoms with Gasteiger partial charge in [0.1, 0.15) is 11.5 Å². The summed E-state index contributed by atoms with van der Waals surface area (Å²) in [6, 6.07) is 99.6. The van der Waals surface area contributed by atoms with Gasteiger partial charge in [-0.3, -0.25) is 0 Å². The van der Waals surface area contributed by atoms with Crippen molar-refractivity contribution in [2.75, 3.05) is 4.90 Å². The summed E-state index contributed by atoms with van der Waals surface area (Å²) in [7, 11) is 0. The Morgan fingerprint density at radius 1 is 0.268 bits per heavy atom. The smallest absolute Gasteiger partial charge is 0.140 e. The summed E-state index contributed by atoms with van der Waals surface area (Å²) in [4.78, 5) is 2.41. The zero-order valence-corrected chi connectivity index (χ0v) is 38.8. The summed E-state index contributed by atoms with van der Waals surface area (Å²) >= 11 is 0. The molecule has 2 aliphatic rings. The number of ether oxygens (including phenoxy) is 1. The maximum Gasteiger partial charge on any atom is 0.140 e. The van der Waals surface area contributed by atoms with Crippen LogP contribution >= 0.6 is 0 Å². The average molecular weight is 904 g/mol. The first-order chi connectivity index (χ1) is 35.2. The Morgan fingerprint density at radius 3 is 1.32 bits per heavy atom. The lowest BCUT2D eigenvalue weighted by Crippen LogP contribution is -2.32. The minimum atomic E-state index is -0.615. The molecule has 0 N–H and O–H groups in total. The molecule has 2 nitrogen and oxygen atoms in total. The van der Waals surface area contributed by atoms with Gasteiger partial charge in [0.2, 0.25) is 0 Å². The topological polar surface area (TPSA) is 12.5 Å². The number of nitrogens with zero attached hydrogens (tertiary/aromatic N) is 1. The molecule has 332 valence electrons. The van der Waals surface area contributed by atoms with Gasteiger partial charge < -0.3 is 9.64 Å². The fraction of sp³-hybridized carbons (Fsp3) is 0.0145. The molecule has 14 rings (SSSR count). The lowest BCUT2D eigenvalue weighted by molar-refractivity contribution is 0.447. The van der Waals surface area contributed by atoms with E-state index >= 15 is 0 Å². The number of hydrogen-bond donors (Lipinski definition) is 0. The number of benzene rings is 12. The lowest BCUT2D eigenvalue weighted by Gasteiger charge is -2.40. The summed E-state index contributed by atoms with van der Waals surface area (Å²) in [5.41, 5.74) is 19.4. The van der Waals surface area contributed by atoms with Crippen LogP contribution in [0.2, 0.25) is 0 Å². The maximum absolute atomic E-state index is 7.22. The van der Waals surface area contributed by atoms with Crippen LogP contribution in [0, 0.1) is 0 Å². The van der Waals surface area contributed by atoms with Gasteiger partial charge in [-0.05, 0) is 114 Å². The highest BCUT2D eigenvalue weighted by atomic mass is 16.5. The third-order valence-electron chi connectivity index (χ3n) is 14.9. The third kappa shape index (κ3) is 6.49. The van der Waals surface area contributed by atoms with E-state index in [4.69, 9.17) is 4.74 Å². The monoisotopic (exact) mass is 903 g/mol. The zero-order valence-electron chi connectivity index (χ0n) is 38.8. The first-order valence-corrected chi connectivity index (χ1v) is 24.5. The molecule has 0 unspecified atom stereocenters. The number of anilines is 3. The van der Waals surface area contributed by atoms with Crippen molar-refractivity contribution in [1.82, 2.24) is 0 Å². The summed E-state index contributed by atoms with van der Waals surface area (Å²) < 4.78 is 7.22. The van der Waals surface area contributed by atoms with Crippen LogP contribution in [0.1, 0.15) is 22.3 Å². The number of para-hydroxylation sites is 1. The van der Waals surface area contributed by atoms with Gasteiger partial charge in [0, 0.05) is 38.8 Å². The number of rotatable bonds is 7. The van der Waals surface area contributed by atoms with Crippen LogP contribution in [0.15, 0.2) is 273 Å². The quantitative estimate of drug-likeness (QED) is 0.158. The average Bonchev–Trinajstić information content (AvgIpc) is 3.74. The van der Waals surface area contributed by atoms with Crippen molar-refractivity contribution < 1.29 is 4.74 Å². The van der Waals surface area contributed by atoms with Crippen LogP contribution in [0.5, 0.6) is 11.5 Å². The molecule has 12 aromatic carbocycles. The van der Waals surface area contributed by atoms with Crippen LogP contribution in [-0.4, -0.2) is 0 Å². The molecule has 0 saturated heterocycles.